The van der Waals surface area contributed by atoms with Gasteiger partial charge in [-0.2, -0.15) is 0 Å². The molecular formula is C11H10IN3. The van der Waals surface area contributed by atoms with Gasteiger partial charge in [0, 0.05) is 11.8 Å². The summed E-state index contributed by atoms with van der Waals surface area (Å²) in [5, 5.41) is 0. The van der Waals surface area contributed by atoms with E-state index in [-0.39, 0.29) is 0 Å². The summed E-state index contributed by atoms with van der Waals surface area (Å²) >= 11 is 2.12. The standard InChI is InChI=1S/C11H10IN3/c1-7-2-4-8(5-3-7)11-14-6-9(12)10(13)15-11/h2-6H,1H3,(H2,13,14,15). The van der Waals surface area contributed by atoms with Crippen LogP contribution in [0.2, 0.25) is 0 Å². The molecule has 76 valence electrons. The first-order valence-corrected chi connectivity index (χ1v) is 5.60. The van der Waals surface area contributed by atoms with Gasteiger partial charge in [0.05, 0.1) is 3.57 Å². The second kappa shape index (κ2) is 4.14. The Morgan fingerprint density at radius 1 is 1.20 bits per heavy atom. The van der Waals surface area contributed by atoms with Crippen molar-refractivity contribution in [2.45, 2.75) is 6.92 Å². The maximum atomic E-state index is 5.73. The molecule has 4 heteroatoms. The number of nitrogens with two attached hydrogens (primary N) is 1. The predicted octanol–water partition coefficient (Wildman–Crippen LogP) is 2.64. The fraction of sp³-hybridized carbons (Fsp3) is 0.0909. The molecule has 2 rings (SSSR count). The SMILES string of the molecule is Cc1ccc(-c2ncc(I)c(N)n2)cc1. The number of benzene rings is 1. The van der Waals surface area contributed by atoms with Gasteiger partial charge in [0.25, 0.3) is 0 Å². The first-order chi connectivity index (χ1) is 7.16. The first kappa shape index (κ1) is 10.4. The van der Waals surface area contributed by atoms with Crippen molar-refractivity contribution in [1.29, 1.82) is 0 Å². The Labute approximate surface area is 102 Å². The molecule has 1 aromatic carbocycles. The molecule has 2 N–H and O–H groups in total. The highest BCUT2D eigenvalue weighted by molar-refractivity contribution is 14.1. The van der Waals surface area contributed by atoms with Crippen molar-refractivity contribution in [2.75, 3.05) is 5.73 Å². The van der Waals surface area contributed by atoms with Crippen molar-refractivity contribution < 1.29 is 0 Å². The molecule has 1 aromatic heterocycles. The summed E-state index contributed by atoms with van der Waals surface area (Å²) in [6.07, 6.45) is 1.73. The highest BCUT2D eigenvalue weighted by Gasteiger charge is 2.03. The average molecular weight is 311 g/mol. The molecule has 3 nitrogen and oxygen atoms in total. The number of nitrogen functional groups attached to an aromatic ring is 1. The number of nitrogens with zero attached hydrogens (tertiary/aromatic N) is 2. The van der Waals surface area contributed by atoms with Crippen LogP contribution in [0.4, 0.5) is 5.82 Å². The lowest BCUT2D eigenvalue weighted by Gasteiger charge is -2.02. The van der Waals surface area contributed by atoms with E-state index in [1.165, 1.54) is 5.56 Å². The number of aryl methyl sites for hydroxylation is 1. The molecule has 0 spiro atoms. The van der Waals surface area contributed by atoms with Crippen LogP contribution in [0.3, 0.4) is 0 Å². The largest absolute Gasteiger partial charge is 0.383 e. The lowest BCUT2D eigenvalue weighted by atomic mass is 10.1. The minimum absolute atomic E-state index is 0.529. The summed E-state index contributed by atoms with van der Waals surface area (Å²) in [4.78, 5) is 8.47. The molecule has 2 aromatic rings. The smallest absolute Gasteiger partial charge is 0.161 e. The monoisotopic (exact) mass is 311 g/mol. The second-order valence-corrected chi connectivity index (χ2v) is 4.46. The van der Waals surface area contributed by atoms with Crippen molar-refractivity contribution in [1.82, 2.24) is 9.97 Å². The van der Waals surface area contributed by atoms with Crippen LogP contribution in [0.1, 0.15) is 5.56 Å². The van der Waals surface area contributed by atoms with Crippen molar-refractivity contribution >= 4 is 28.4 Å². The van der Waals surface area contributed by atoms with E-state index in [2.05, 4.69) is 32.6 Å². The lowest BCUT2D eigenvalue weighted by molar-refractivity contribution is 1.17. The number of hydrogen-bond acceptors (Lipinski definition) is 3. The molecular weight excluding hydrogens is 301 g/mol. The zero-order valence-electron chi connectivity index (χ0n) is 8.24. The van der Waals surface area contributed by atoms with E-state index < -0.39 is 0 Å². The number of halogens is 1. The predicted molar refractivity (Wildman–Crippen MR) is 69.3 cm³/mol. The Hall–Kier alpha value is -1.17. The minimum atomic E-state index is 0.529. The van der Waals surface area contributed by atoms with Crippen LogP contribution in [0, 0.1) is 10.5 Å². The molecule has 0 aliphatic rings. The average Bonchev–Trinajstić information content (AvgIpc) is 2.23. The molecule has 0 saturated heterocycles. The normalized spacial score (nSPS) is 10.3. The van der Waals surface area contributed by atoms with Crippen molar-refractivity contribution in [3.8, 4) is 11.4 Å². The molecule has 0 atom stereocenters. The maximum absolute atomic E-state index is 5.73. The Bertz CT molecular complexity index is 480. The molecule has 0 fully saturated rings. The van der Waals surface area contributed by atoms with Gasteiger partial charge in [-0.1, -0.05) is 29.8 Å². The molecule has 1 heterocycles. The fourth-order valence-electron chi connectivity index (χ4n) is 1.22. The zero-order chi connectivity index (χ0) is 10.8. The van der Waals surface area contributed by atoms with E-state index in [0.29, 0.717) is 11.6 Å². The van der Waals surface area contributed by atoms with Crippen LogP contribution in [0.25, 0.3) is 11.4 Å². The van der Waals surface area contributed by atoms with E-state index in [1.54, 1.807) is 6.20 Å². The second-order valence-electron chi connectivity index (χ2n) is 3.29. The van der Waals surface area contributed by atoms with Gasteiger partial charge in [0.15, 0.2) is 5.82 Å². The van der Waals surface area contributed by atoms with Gasteiger partial charge in [-0.25, -0.2) is 9.97 Å². The van der Waals surface area contributed by atoms with Crippen LogP contribution in [-0.2, 0) is 0 Å². The van der Waals surface area contributed by atoms with E-state index >= 15 is 0 Å². The van der Waals surface area contributed by atoms with E-state index in [1.807, 2.05) is 31.2 Å². The molecule has 0 aliphatic carbocycles. The Morgan fingerprint density at radius 3 is 2.47 bits per heavy atom. The van der Waals surface area contributed by atoms with Crippen molar-refractivity contribution in [2.24, 2.45) is 0 Å². The summed E-state index contributed by atoms with van der Waals surface area (Å²) < 4.78 is 0.878. The Balaban J connectivity index is 2.45. The van der Waals surface area contributed by atoms with Crippen molar-refractivity contribution in [3.63, 3.8) is 0 Å². The topological polar surface area (TPSA) is 51.8 Å². The van der Waals surface area contributed by atoms with Gasteiger partial charge in [-0.3, -0.25) is 0 Å². The van der Waals surface area contributed by atoms with Crippen LogP contribution >= 0.6 is 22.6 Å². The number of anilines is 1. The molecule has 0 bridgehead atoms. The fourth-order valence-corrected chi connectivity index (χ4v) is 1.48. The van der Waals surface area contributed by atoms with Gasteiger partial charge in [0.1, 0.15) is 5.82 Å². The Kier molecular flexibility index (Phi) is 2.86. The molecule has 0 unspecified atom stereocenters. The Morgan fingerprint density at radius 2 is 1.87 bits per heavy atom. The minimum Gasteiger partial charge on any atom is -0.383 e. The molecule has 0 saturated carbocycles. The van der Waals surface area contributed by atoms with Gasteiger partial charge in [0.2, 0.25) is 0 Å². The summed E-state index contributed by atoms with van der Waals surface area (Å²) in [5.41, 5.74) is 7.94. The van der Waals surface area contributed by atoms with Gasteiger partial charge in [-0.05, 0) is 29.5 Å². The molecule has 0 amide bonds. The van der Waals surface area contributed by atoms with E-state index in [0.717, 1.165) is 9.13 Å². The van der Waals surface area contributed by atoms with Crippen LogP contribution in [-0.4, -0.2) is 9.97 Å². The summed E-state index contributed by atoms with van der Waals surface area (Å²) in [7, 11) is 0. The third-order valence-electron chi connectivity index (χ3n) is 2.08. The first-order valence-electron chi connectivity index (χ1n) is 4.52. The molecule has 0 radical (unpaired) electrons. The zero-order valence-corrected chi connectivity index (χ0v) is 10.4. The van der Waals surface area contributed by atoms with Gasteiger partial charge < -0.3 is 5.73 Å². The van der Waals surface area contributed by atoms with Crippen LogP contribution in [0.5, 0.6) is 0 Å². The maximum Gasteiger partial charge on any atom is 0.161 e. The third-order valence-corrected chi connectivity index (χ3v) is 2.91. The van der Waals surface area contributed by atoms with Crippen LogP contribution in [0.15, 0.2) is 30.5 Å². The summed E-state index contributed by atoms with van der Waals surface area (Å²) in [6.45, 7) is 2.05. The highest BCUT2D eigenvalue weighted by Crippen LogP contribution is 2.18. The lowest BCUT2D eigenvalue weighted by Crippen LogP contribution is -1.98. The number of hydrogen-bond donors (Lipinski definition) is 1. The summed E-state index contributed by atoms with van der Waals surface area (Å²) in [6, 6.07) is 8.06. The highest BCUT2D eigenvalue weighted by atomic mass is 127. The third kappa shape index (κ3) is 2.26. The van der Waals surface area contributed by atoms with Gasteiger partial charge >= 0.3 is 0 Å². The number of aromatic nitrogens is 2. The van der Waals surface area contributed by atoms with Gasteiger partial charge in [-0.15, -0.1) is 0 Å². The summed E-state index contributed by atoms with van der Waals surface area (Å²) in [5.74, 6) is 1.20. The molecule has 0 aliphatic heterocycles. The quantitative estimate of drug-likeness (QED) is 0.824. The van der Waals surface area contributed by atoms with Crippen LogP contribution < -0.4 is 5.73 Å². The van der Waals surface area contributed by atoms with E-state index in [9.17, 15) is 0 Å². The molecule has 15 heavy (non-hydrogen) atoms. The van der Waals surface area contributed by atoms with Crippen molar-refractivity contribution in [3.05, 3.63) is 39.6 Å². The number of rotatable bonds is 1. The van der Waals surface area contributed by atoms with E-state index in [4.69, 9.17) is 5.73 Å².